The minimum absolute atomic E-state index is 0.508. The maximum Gasteiger partial charge on any atom is 0.165 e. The van der Waals surface area contributed by atoms with E-state index >= 15 is 0 Å². The van der Waals surface area contributed by atoms with Gasteiger partial charge in [0.1, 0.15) is 6.10 Å². The Balaban J connectivity index is 1.66. The number of aliphatic hydroxyl groups is 2. The van der Waals surface area contributed by atoms with Crippen LogP contribution in [0.2, 0.25) is 0 Å². The molecule has 3 rings (SSSR count). The Morgan fingerprint density at radius 1 is 1.21 bits per heavy atom. The van der Waals surface area contributed by atoms with Crippen LogP contribution in [-0.2, 0) is 11.3 Å². The molecule has 134 valence electrons. The standard InChI is InChI=1S/C18H27NO5/c1-22-15-5-3-4-13(16(15)23-2)12-19-9-7-18(8-10-19)17(21)14(20)6-11-24-18/h3-5,14,17,20-21H,6-12H2,1-2H3/t14-,17-/m0/s1. The van der Waals surface area contributed by atoms with Crippen LogP contribution in [0.15, 0.2) is 18.2 Å². The highest BCUT2D eigenvalue weighted by Gasteiger charge is 2.47. The lowest BCUT2D eigenvalue weighted by Gasteiger charge is -2.48. The third kappa shape index (κ3) is 3.24. The lowest BCUT2D eigenvalue weighted by atomic mass is 9.80. The number of rotatable bonds is 4. The Kier molecular flexibility index (Phi) is 5.30. The molecule has 2 heterocycles. The van der Waals surface area contributed by atoms with Crippen LogP contribution in [0.4, 0.5) is 0 Å². The van der Waals surface area contributed by atoms with Gasteiger partial charge in [-0.15, -0.1) is 0 Å². The molecule has 1 aromatic rings. The van der Waals surface area contributed by atoms with E-state index in [1.807, 2.05) is 18.2 Å². The van der Waals surface area contributed by atoms with Gasteiger partial charge in [-0.05, 0) is 25.3 Å². The van der Waals surface area contributed by atoms with Gasteiger partial charge in [0, 0.05) is 25.2 Å². The monoisotopic (exact) mass is 337 g/mol. The normalized spacial score (nSPS) is 27.2. The van der Waals surface area contributed by atoms with E-state index in [0.29, 0.717) is 13.0 Å². The molecular formula is C18H27NO5. The second-order valence-electron chi connectivity index (χ2n) is 6.64. The third-order valence-electron chi connectivity index (χ3n) is 5.29. The molecule has 2 fully saturated rings. The largest absolute Gasteiger partial charge is 0.493 e. The molecule has 0 saturated carbocycles. The summed E-state index contributed by atoms with van der Waals surface area (Å²) in [4.78, 5) is 2.32. The van der Waals surface area contributed by atoms with E-state index in [0.717, 1.165) is 49.5 Å². The number of methoxy groups -OCH3 is 2. The van der Waals surface area contributed by atoms with Crippen molar-refractivity contribution in [3.63, 3.8) is 0 Å². The molecule has 1 spiro atoms. The molecule has 24 heavy (non-hydrogen) atoms. The highest BCUT2D eigenvalue weighted by atomic mass is 16.5. The Hall–Kier alpha value is -1.34. The van der Waals surface area contributed by atoms with Gasteiger partial charge in [-0.3, -0.25) is 4.90 Å². The second kappa shape index (κ2) is 7.27. The van der Waals surface area contributed by atoms with Crippen molar-refractivity contribution in [2.24, 2.45) is 0 Å². The molecule has 0 aliphatic carbocycles. The lowest BCUT2D eigenvalue weighted by Crippen LogP contribution is -2.59. The Morgan fingerprint density at radius 2 is 1.96 bits per heavy atom. The maximum absolute atomic E-state index is 10.3. The summed E-state index contributed by atoms with van der Waals surface area (Å²) in [7, 11) is 3.29. The number of para-hydroxylation sites is 1. The van der Waals surface area contributed by atoms with Crippen LogP contribution < -0.4 is 9.47 Å². The van der Waals surface area contributed by atoms with Crippen molar-refractivity contribution in [1.29, 1.82) is 0 Å². The van der Waals surface area contributed by atoms with Gasteiger partial charge in [0.05, 0.1) is 32.5 Å². The Morgan fingerprint density at radius 3 is 2.62 bits per heavy atom. The van der Waals surface area contributed by atoms with Gasteiger partial charge >= 0.3 is 0 Å². The van der Waals surface area contributed by atoms with E-state index in [1.54, 1.807) is 14.2 Å². The summed E-state index contributed by atoms with van der Waals surface area (Å²) in [5.41, 5.74) is 0.491. The molecule has 0 amide bonds. The summed E-state index contributed by atoms with van der Waals surface area (Å²) in [5, 5.41) is 20.3. The molecular weight excluding hydrogens is 310 g/mol. The fourth-order valence-electron chi connectivity index (χ4n) is 3.83. The number of likely N-dealkylation sites (tertiary alicyclic amines) is 1. The molecule has 0 unspecified atom stereocenters. The van der Waals surface area contributed by atoms with Crippen LogP contribution in [-0.4, -0.2) is 66.8 Å². The molecule has 0 radical (unpaired) electrons. The zero-order valence-corrected chi connectivity index (χ0v) is 14.4. The van der Waals surface area contributed by atoms with Crippen molar-refractivity contribution >= 4 is 0 Å². The van der Waals surface area contributed by atoms with E-state index in [-0.39, 0.29) is 0 Å². The number of benzene rings is 1. The minimum Gasteiger partial charge on any atom is -0.493 e. The van der Waals surface area contributed by atoms with Gasteiger partial charge in [-0.1, -0.05) is 12.1 Å². The number of ether oxygens (including phenoxy) is 3. The van der Waals surface area contributed by atoms with E-state index in [2.05, 4.69) is 4.90 Å². The average Bonchev–Trinajstić information content (AvgIpc) is 2.61. The fourth-order valence-corrected chi connectivity index (χ4v) is 3.83. The quantitative estimate of drug-likeness (QED) is 0.860. The molecule has 0 bridgehead atoms. The number of aliphatic hydroxyl groups excluding tert-OH is 2. The van der Waals surface area contributed by atoms with Gasteiger partial charge in [-0.2, -0.15) is 0 Å². The Labute approximate surface area is 142 Å². The van der Waals surface area contributed by atoms with E-state index in [4.69, 9.17) is 14.2 Å². The molecule has 0 aromatic heterocycles. The zero-order valence-electron chi connectivity index (χ0n) is 14.4. The minimum atomic E-state index is -0.792. The van der Waals surface area contributed by atoms with Crippen molar-refractivity contribution < 1.29 is 24.4 Å². The topological polar surface area (TPSA) is 71.4 Å². The number of hydrogen-bond acceptors (Lipinski definition) is 6. The van der Waals surface area contributed by atoms with Gasteiger partial charge in [0.25, 0.3) is 0 Å². The third-order valence-corrected chi connectivity index (χ3v) is 5.29. The predicted octanol–water partition coefficient (Wildman–Crippen LogP) is 1.18. The van der Waals surface area contributed by atoms with Crippen LogP contribution in [0.3, 0.4) is 0 Å². The van der Waals surface area contributed by atoms with E-state index in [9.17, 15) is 10.2 Å². The molecule has 1 aromatic carbocycles. The van der Waals surface area contributed by atoms with Crippen molar-refractivity contribution in [2.75, 3.05) is 33.9 Å². The maximum atomic E-state index is 10.3. The van der Waals surface area contributed by atoms with Crippen LogP contribution in [0.25, 0.3) is 0 Å². The highest BCUT2D eigenvalue weighted by Crippen LogP contribution is 2.37. The first-order chi connectivity index (χ1) is 11.6. The number of piperidine rings is 1. The Bertz CT molecular complexity index is 556. The lowest BCUT2D eigenvalue weighted by molar-refractivity contribution is -0.214. The summed E-state index contributed by atoms with van der Waals surface area (Å²) in [6, 6.07) is 5.90. The summed E-state index contributed by atoms with van der Waals surface area (Å²) in [6.07, 6.45) is 0.478. The van der Waals surface area contributed by atoms with E-state index in [1.165, 1.54) is 0 Å². The average molecular weight is 337 g/mol. The van der Waals surface area contributed by atoms with Gasteiger partial charge < -0.3 is 24.4 Å². The number of hydrogen-bond donors (Lipinski definition) is 2. The molecule has 2 atom stereocenters. The molecule has 2 N–H and O–H groups in total. The van der Waals surface area contributed by atoms with Crippen LogP contribution in [0.5, 0.6) is 11.5 Å². The molecule has 2 aliphatic rings. The van der Waals surface area contributed by atoms with Crippen LogP contribution in [0, 0.1) is 0 Å². The zero-order chi connectivity index (χ0) is 17.2. The van der Waals surface area contributed by atoms with Crippen molar-refractivity contribution in [3.8, 4) is 11.5 Å². The molecule has 6 nitrogen and oxygen atoms in total. The first-order valence-corrected chi connectivity index (χ1v) is 8.52. The van der Waals surface area contributed by atoms with E-state index < -0.39 is 17.8 Å². The van der Waals surface area contributed by atoms with Crippen LogP contribution >= 0.6 is 0 Å². The summed E-state index contributed by atoms with van der Waals surface area (Å²) in [5.74, 6) is 1.50. The predicted molar refractivity (Wildman–Crippen MR) is 89.4 cm³/mol. The first-order valence-electron chi connectivity index (χ1n) is 8.52. The highest BCUT2D eigenvalue weighted by molar-refractivity contribution is 5.46. The van der Waals surface area contributed by atoms with Crippen molar-refractivity contribution in [2.45, 2.75) is 43.6 Å². The van der Waals surface area contributed by atoms with Gasteiger partial charge in [0.2, 0.25) is 0 Å². The van der Waals surface area contributed by atoms with Gasteiger partial charge in [0.15, 0.2) is 11.5 Å². The van der Waals surface area contributed by atoms with Crippen molar-refractivity contribution in [3.05, 3.63) is 23.8 Å². The summed E-state index contributed by atoms with van der Waals surface area (Å²) < 4.78 is 16.7. The molecule has 6 heteroatoms. The molecule has 2 aliphatic heterocycles. The first kappa shape index (κ1) is 17.5. The van der Waals surface area contributed by atoms with Crippen LogP contribution in [0.1, 0.15) is 24.8 Å². The van der Waals surface area contributed by atoms with Crippen molar-refractivity contribution in [1.82, 2.24) is 4.90 Å². The number of nitrogens with zero attached hydrogens (tertiary/aromatic N) is 1. The second-order valence-corrected chi connectivity index (χ2v) is 6.64. The smallest absolute Gasteiger partial charge is 0.165 e. The molecule has 2 saturated heterocycles. The summed E-state index contributed by atoms with van der Waals surface area (Å²) in [6.45, 7) is 2.89. The fraction of sp³-hybridized carbons (Fsp3) is 0.667. The van der Waals surface area contributed by atoms with Gasteiger partial charge in [-0.25, -0.2) is 0 Å². The summed E-state index contributed by atoms with van der Waals surface area (Å²) >= 11 is 0. The SMILES string of the molecule is COc1cccc(CN2CCC3(CC2)OCC[C@H](O)[C@@H]3O)c1OC.